The van der Waals surface area contributed by atoms with E-state index in [0.29, 0.717) is 0 Å². The van der Waals surface area contributed by atoms with Gasteiger partial charge in [-0.15, -0.1) is 0 Å². The van der Waals surface area contributed by atoms with E-state index in [1.54, 1.807) is 0 Å². The fraction of sp³-hybridized carbons (Fsp3) is 1.00. The zero-order chi connectivity index (χ0) is 10.3. The van der Waals surface area contributed by atoms with E-state index in [-0.39, 0.29) is 17.2 Å². The molecule has 0 amide bonds. The molecule has 1 aliphatic rings. The number of ether oxygens (including phenoxy) is 1. The summed E-state index contributed by atoms with van der Waals surface area (Å²) in [6.45, 7) is 15.4. The molecule has 0 aliphatic carbocycles. The quantitative estimate of drug-likeness (QED) is 0.575. The average molecular weight is 185 g/mol. The van der Waals surface area contributed by atoms with Crippen LogP contribution in [0.2, 0.25) is 0 Å². The van der Waals surface area contributed by atoms with Crippen molar-refractivity contribution in [1.29, 1.82) is 0 Å². The van der Waals surface area contributed by atoms with Gasteiger partial charge >= 0.3 is 0 Å². The molecule has 1 unspecified atom stereocenters. The van der Waals surface area contributed by atoms with Crippen molar-refractivity contribution in [2.75, 3.05) is 13.2 Å². The molecule has 0 aromatic rings. The molecule has 1 rings (SSSR count). The van der Waals surface area contributed by atoms with Crippen molar-refractivity contribution in [1.82, 2.24) is 4.90 Å². The minimum Gasteiger partial charge on any atom is -0.361 e. The Morgan fingerprint density at radius 3 is 1.92 bits per heavy atom. The van der Waals surface area contributed by atoms with Crippen molar-refractivity contribution in [3.63, 3.8) is 0 Å². The lowest BCUT2D eigenvalue weighted by Crippen LogP contribution is -2.50. The molecular weight excluding hydrogens is 162 g/mol. The SMILES string of the molecule is CC(C)(C)C1OCCN1C(C)(C)C. The van der Waals surface area contributed by atoms with Crippen LogP contribution in [0.5, 0.6) is 0 Å². The van der Waals surface area contributed by atoms with Gasteiger partial charge in [0, 0.05) is 17.5 Å². The highest BCUT2D eigenvalue weighted by atomic mass is 16.5. The molecule has 2 nitrogen and oxygen atoms in total. The maximum atomic E-state index is 5.78. The summed E-state index contributed by atoms with van der Waals surface area (Å²) < 4.78 is 5.78. The molecule has 1 heterocycles. The highest BCUT2D eigenvalue weighted by molar-refractivity contribution is 4.87. The zero-order valence-corrected chi connectivity index (χ0v) is 9.85. The molecule has 1 aliphatic heterocycles. The molecule has 78 valence electrons. The van der Waals surface area contributed by atoms with E-state index in [0.717, 1.165) is 13.2 Å². The minimum atomic E-state index is 0.212. The van der Waals surface area contributed by atoms with E-state index in [2.05, 4.69) is 46.4 Å². The number of hydrogen-bond acceptors (Lipinski definition) is 2. The molecule has 0 radical (unpaired) electrons. The smallest absolute Gasteiger partial charge is 0.116 e. The number of hydrogen-bond donors (Lipinski definition) is 0. The normalized spacial score (nSPS) is 26.8. The number of nitrogens with zero attached hydrogens (tertiary/aromatic N) is 1. The fourth-order valence-corrected chi connectivity index (χ4v) is 1.87. The van der Waals surface area contributed by atoms with Gasteiger partial charge in [-0.1, -0.05) is 20.8 Å². The first-order valence-electron chi connectivity index (χ1n) is 5.11. The lowest BCUT2D eigenvalue weighted by Gasteiger charge is -2.41. The maximum Gasteiger partial charge on any atom is 0.116 e. The third-order valence-electron chi connectivity index (χ3n) is 2.49. The second-order valence-electron chi connectivity index (χ2n) is 5.95. The minimum absolute atomic E-state index is 0.212. The van der Waals surface area contributed by atoms with Crippen LogP contribution in [0, 0.1) is 5.41 Å². The topological polar surface area (TPSA) is 12.5 Å². The van der Waals surface area contributed by atoms with Gasteiger partial charge in [0.25, 0.3) is 0 Å². The van der Waals surface area contributed by atoms with Crippen LogP contribution in [0.25, 0.3) is 0 Å². The lowest BCUT2D eigenvalue weighted by atomic mass is 9.91. The highest BCUT2D eigenvalue weighted by Crippen LogP contribution is 2.33. The third kappa shape index (κ3) is 2.44. The summed E-state index contributed by atoms with van der Waals surface area (Å²) in [5, 5.41) is 0. The van der Waals surface area contributed by atoms with Crippen molar-refractivity contribution < 1.29 is 4.74 Å². The monoisotopic (exact) mass is 185 g/mol. The molecule has 0 spiro atoms. The van der Waals surface area contributed by atoms with Gasteiger partial charge in [-0.3, -0.25) is 4.90 Å². The van der Waals surface area contributed by atoms with Crippen molar-refractivity contribution in [2.45, 2.75) is 53.3 Å². The van der Waals surface area contributed by atoms with Gasteiger partial charge in [0.05, 0.1) is 6.61 Å². The zero-order valence-electron chi connectivity index (χ0n) is 9.85. The molecule has 1 fully saturated rings. The number of rotatable bonds is 0. The average Bonchev–Trinajstić information content (AvgIpc) is 2.27. The van der Waals surface area contributed by atoms with Gasteiger partial charge in [0.15, 0.2) is 0 Å². The van der Waals surface area contributed by atoms with Crippen LogP contribution in [0.1, 0.15) is 41.5 Å². The fourth-order valence-electron chi connectivity index (χ4n) is 1.87. The van der Waals surface area contributed by atoms with Crippen molar-refractivity contribution in [3.8, 4) is 0 Å². The van der Waals surface area contributed by atoms with Crippen molar-refractivity contribution >= 4 is 0 Å². The van der Waals surface area contributed by atoms with Crippen LogP contribution in [-0.4, -0.2) is 29.8 Å². The Hall–Kier alpha value is -0.0800. The van der Waals surface area contributed by atoms with Crippen molar-refractivity contribution in [2.24, 2.45) is 5.41 Å². The standard InChI is InChI=1S/C11H23NO/c1-10(2,3)9-12(7-8-13-9)11(4,5)6/h9H,7-8H2,1-6H3. The van der Waals surface area contributed by atoms with Crippen LogP contribution in [-0.2, 0) is 4.74 Å². The summed E-state index contributed by atoms with van der Waals surface area (Å²) >= 11 is 0. The van der Waals surface area contributed by atoms with E-state index in [4.69, 9.17) is 4.74 Å². The predicted octanol–water partition coefficient (Wildman–Crippen LogP) is 2.49. The summed E-state index contributed by atoms with van der Waals surface area (Å²) in [6.07, 6.45) is 0.271. The molecule has 13 heavy (non-hydrogen) atoms. The van der Waals surface area contributed by atoms with Crippen LogP contribution in [0.4, 0.5) is 0 Å². The molecular formula is C11H23NO. The van der Waals surface area contributed by atoms with E-state index in [1.807, 2.05) is 0 Å². The highest BCUT2D eigenvalue weighted by Gasteiger charge is 2.40. The Kier molecular flexibility index (Phi) is 2.75. The van der Waals surface area contributed by atoms with Crippen LogP contribution in [0.15, 0.2) is 0 Å². The summed E-state index contributed by atoms with van der Waals surface area (Å²) in [6, 6.07) is 0. The predicted molar refractivity (Wildman–Crippen MR) is 55.7 cm³/mol. The van der Waals surface area contributed by atoms with Gasteiger partial charge in [-0.2, -0.15) is 0 Å². The van der Waals surface area contributed by atoms with Crippen LogP contribution in [0.3, 0.4) is 0 Å². The summed E-state index contributed by atoms with van der Waals surface area (Å²) in [4.78, 5) is 2.45. The Labute approximate surface area is 82.3 Å². The molecule has 0 N–H and O–H groups in total. The van der Waals surface area contributed by atoms with E-state index in [1.165, 1.54) is 0 Å². The first kappa shape index (κ1) is 11.0. The first-order valence-corrected chi connectivity index (χ1v) is 5.11. The lowest BCUT2D eigenvalue weighted by molar-refractivity contribution is -0.0767. The van der Waals surface area contributed by atoms with Crippen LogP contribution < -0.4 is 0 Å². The van der Waals surface area contributed by atoms with Gasteiger partial charge in [-0.25, -0.2) is 0 Å². The molecule has 1 saturated heterocycles. The molecule has 1 atom stereocenters. The maximum absolute atomic E-state index is 5.78. The second kappa shape index (κ2) is 3.25. The van der Waals surface area contributed by atoms with E-state index >= 15 is 0 Å². The Bertz CT molecular complexity index is 156. The Morgan fingerprint density at radius 2 is 1.62 bits per heavy atom. The first-order chi connectivity index (χ1) is 5.73. The third-order valence-corrected chi connectivity index (χ3v) is 2.49. The van der Waals surface area contributed by atoms with Gasteiger partial charge < -0.3 is 4.74 Å². The molecule has 0 aromatic carbocycles. The molecule has 2 heteroatoms. The Morgan fingerprint density at radius 1 is 1.08 bits per heavy atom. The molecule has 0 bridgehead atoms. The molecule has 0 aromatic heterocycles. The summed E-state index contributed by atoms with van der Waals surface area (Å²) in [5.74, 6) is 0. The van der Waals surface area contributed by atoms with Gasteiger partial charge in [0.1, 0.15) is 6.23 Å². The second-order valence-corrected chi connectivity index (χ2v) is 5.95. The van der Waals surface area contributed by atoms with E-state index < -0.39 is 0 Å². The van der Waals surface area contributed by atoms with Gasteiger partial charge in [-0.05, 0) is 20.8 Å². The molecule has 0 saturated carbocycles. The summed E-state index contributed by atoms with van der Waals surface area (Å²) in [5.41, 5.74) is 0.429. The Balaban J connectivity index is 2.76. The van der Waals surface area contributed by atoms with Crippen molar-refractivity contribution in [3.05, 3.63) is 0 Å². The largest absolute Gasteiger partial charge is 0.361 e. The summed E-state index contributed by atoms with van der Waals surface area (Å²) in [7, 11) is 0. The van der Waals surface area contributed by atoms with Gasteiger partial charge in [0.2, 0.25) is 0 Å². The van der Waals surface area contributed by atoms with Crippen LogP contribution >= 0.6 is 0 Å². The van der Waals surface area contributed by atoms with E-state index in [9.17, 15) is 0 Å².